The van der Waals surface area contributed by atoms with Gasteiger partial charge in [-0.15, -0.1) is 0 Å². The Hall–Kier alpha value is -3.81. The Bertz CT molecular complexity index is 1220. The van der Waals surface area contributed by atoms with Crippen LogP contribution in [-0.4, -0.2) is 46.3 Å². The average Bonchev–Trinajstić information content (AvgIpc) is 3.23. The van der Waals surface area contributed by atoms with Gasteiger partial charge in [0.25, 0.3) is 0 Å². The van der Waals surface area contributed by atoms with Gasteiger partial charge in [-0.3, -0.25) is 4.79 Å². The Labute approximate surface area is 213 Å². The van der Waals surface area contributed by atoms with Crippen molar-refractivity contribution in [3.8, 4) is 11.4 Å². The van der Waals surface area contributed by atoms with Gasteiger partial charge in [0, 0.05) is 23.2 Å². The molecule has 0 unspecified atom stereocenters. The molecule has 0 fully saturated rings. The van der Waals surface area contributed by atoms with E-state index in [4.69, 9.17) is 9.84 Å². The van der Waals surface area contributed by atoms with Crippen molar-refractivity contribution in [3.05, 3.63) is 65.4 Å². The number of carbonyl (C=O) groups is 2. The van der Waals surface area contributed by atoms with Crippen molar-refractivity contribution < 1.29 is 14.3 Å². The molecule has 2 N–H and O–H groups in total. The van der Waals surface area contributed by atoms with Gasteiger partial charge in [0.05, 0.1) is 18.5 Å². The summed E-state index contributed by atoms with van der Waals surface area (Å²) in [4.78, 5) is 27.7. The van der Waals surface area contributed by atoms with Gasteiger partial charge in [0.2, 0.25) is 5.91 Å². The first-order valence-electron chi connectivity index (χ1n) is 12.1. The number of aryl methyl sites for hydroxylation is 2. The number of methoxy groups -OCH3 is 1. The van der Waals surface area contributed by atoms with Crippen LogP contribution in [0.3, 0.4) is 0 Å². The molecule has 0 atom stereocenters. The first-order valence-corrected chi connectivity index (χ1v) is 12.1. The fraction of sp³-hybridized carbons (Fsp3) is 0.393. The number of rotatable bonds is 7. The largest absolute Gasteiger partial charge is 0.497 e. The number of anilines is 2. The lowest BCUT2D eigenvalue weighted by Gasteiger charge is -2.26. The standard InChI is InChI=1S/C28H37N5O3/c1-18(2)32(27(35)29-23-14-9-19(3)15-20(23)4)17-26(34)30-25-16-24(28(5,6)7)31-33(25)21-10-12-22(36-8)13-11-21/h9-16,18H,17H2,1-8H3,(H,29,35)(H,30,34). The molecule has 3 aromatic rings. The molecule has 2 aromatic carbocycles. The van der Waals surface area contributed by atoms with Gasteiger partial charge in [0.1, 0.15) is 18.1 Å². The Morgan fingerprint density at radius 3 is 2.25 bits per heavy atom. The zero-order valence-electron chi connectivity index (χ0n) is 22.5. The number of hydrogen-bond acceptors (Lipinski definition) is 4. The van der Waals surface area contributed by atoms with Crippen molar-refractivity contribution in [2.75, 3.05) is 24.3 Å². The molecule has 0 bridgehead atoms. The third-order valence-corrected chi connectivity index (χ3v) is 5.88. The second-order valence-electron chi connectivity index (χ2n) is 10.3. The molecule has 8 nitrogen and oxygen atoms in total. The highest BCUT2D eigenvalue weighted by molar-refractivity contribution is 5.97. The molecule has 0 radical (unpaired) electrons. The quantitative estimate of drug-likeness (QED) is 0.445. The van der Waals surface area contributed by atoms with Gasteiger partial charge in [-0.2, -0.15) is 5.10 Å². The van der Waals surface area contributed by atoms with Crippen LogP contribution in [0.15, 0.2) is 48.5 Å². The fourth-order valence-electron chi connectivity index (χ4n) is 3.72. The van der Waals surface area contributed by atoms with E-state index in [1.807, 2.05) is 76.2 Å². The summed E-state index contributed by atoms with van der Waals surface area (Å²) in [6.07, 6.45) is 0. The Balaban J connectivity index is 1.82. The van der Waals surface area contributed by atoms with Crippen LogP contribution in [0.4, 0.5) is 16.3 Å². The molecule has 0 aliphatic carbocycles. The van der Waals surface area contributed by atoms with Crippen molar-refractivity contribution in [2.45, 2.75) is 59.9 Å². The normalized spacial score (nSPS) is 11.4. The highest BCUT2D eigenvalue weighted by Gasteiger charge is 2.24. The molecule has 192 valence electrons. The van der Waals surface area contributed by atoms with Gasteiger partial charge < -0.3 is 20.3 Å². The highest BCUT2D eigenvalue weighted by Crippen LogP contribution is 2.27. The van der Waals surface area contributed by atoms with E-state index in [9.17, 15) is 9.59 Å². The molecule has 0 aliphatic rings. The van der Waals surface area contributed by atoms with Crippen LogP contribution in [0.2, 0.25) is 0 Å². The van der Waals surface area contributed by atoms with Crippen LogP contribution in [-0.2, 0) is 10.2 Å². The number of aromatic nitrogens is 2. The molecular formula is C28H37N5O3. The third-order valence-electron chi connectivity index (χ3n) is 5.88. The lowest BCUT2D eigenvalue weighted by atomic mass is 9.92. The number of amides is 3. The van der Waals surface area contributed by atoms with Gasteiger partial charge in [-0.05, 0) is 63.6 Å². The number of ether oxygens (including phenoxy) is 1. The van der Waals surface area contributed by atoms with E-state index in [-0.39, 0.29) is 29.9 Å². The maximum atomic E-state index is 13.1. The molecule has 36 heavy (non-hydrogen) atoms. The first kappa shape index (κ1) is 26.8. The smallest absolute Gasteiger partial charge is 0.322 e. The first-order chi connectivity index (χ1) is 16.9. The van der Waals surface area contributed by atoms with E-state index in [1.54, 1.807) is 11.8 Å². The maximum Gasteiger partial charge on any atom is 0.322 e. The van der Waals surface area contributed by atoms with Gasteiger partial charge in [-0.1, -0.05) is 38.5 Å². The summed E-state index contributed by atoms with van der Waals surface area (Å²) in [5, 5.41) is 10.6. The van der Waals surface area contributed by atoms with Crippen molar-refractivity contribution in [2.24, 2.45) is 0 Å². The summed E-state index contributed by atoms with van der Waals surface area (Å²) in [5.41, 5.74) is 4.22. The molecule has 8 heteroatoms. The topological polar surface area (TPSA) is 88.5 Å². The van der Waals surface area contributed by atoms with Crippen LogP contribution in [0, 0.1) is 13.8 Å². The summed E-state index contributed by atoms with van der Waals surface area (Å²) in [6, 6.07) is 14.6. The predicted molar refractivity (Wildman–Crippen MR) is 144 cm³/mol. The molecular weight excluding hydrogens is 454 g/mol. The van der Waals surface area contributed by atoms with Crippen molar-refractivity contribution >= 4 is 23.4 Å². The van der Waals surface area contributed by atoms with Crippen LogP contribution < -0.4 is 15.4 Å². The monoisotopic (exact) mass is 491 g/mol. The molecule has 0 saturated heterocycles. The summed E-state index contributed by atoms with van der Waals surface area (Å²) in [5.74, 6) is 0.957. The number of benzene rings is 2. The minimum atomic E-state index is -0.328. The third kappa shape index (κ3) is 6.44. The van der Waals surface area contributed by atoms with Gasteiger partial charge in [-0.25, -0.2) is 9.48 Å². The Kier molecular flexibility index (Phi) is 8.07. The number of hydrogen-bond donors (Lipinski definition) is 2. The van der Waals surface area contributed by atoms with Crippen molar-refractivity contribution in [3.63, 3.8) is 0 Å². The number of urea groups is 1. The van der Waals surface area contributed by atoms with Crippen molar-refractivity contribution in [1.82, 2.24) is 14.7 Å². The van der Waals surface area contributed by atoms with E-state index in [2.05, 4.69) is 31.4 Å². The molecule has 0 aliphatic heterocycles. The summed E-state index contributed by atoms with van der Waals surface area (Å²) < 4.78 is 6.96. The molecule has 1 aromatic heterocycles. The molecule has 0 spiro atoms. The molecule has 1 heterocycles. The zero-order valence-corrected chi connectivity index (χ0v) is 22.5. The van der Waals surface area contributed by atoms with E-state index >= 15 is 0 Å². The van der Waals surface area contributed by atoms with Gasteiger partial charge >= 0.3 is 6.03 Å². The lowest BCUT2D eigenvalue weighted by molar-refractivity contribution is -0.117. The van der Waals surface area contributed by atoms with Crippen LogP contribution >= 0.6 is 0 Å². The number of nitrogens with zero attached hydrogens (tertiary/aromatic N) is 3. The van der Waals surface area contributed by atoms with E-state index < -0.39 is 0 Å². The zero-order chi connectivity index (χ0) is 26.6. The van der Waals surface area contributed by atoms with Crippen LogP contribution in [0.25, 0.3) is 5.69 Å². The Morgan fingerprint density at radius 1 is 1.03 bits per heavy atom. The van der Waals surface area contributed by atoms with E-state index in [0.29, 0.717) is 5.82 Å². The SMILES string of the molecule is COc1ccc(-n2nc(C(C)(C)C)cc2NC(=O)CN(C(=O)Nc2ccc(C)cc2C)C(C)C)cc1. The number of carbonyl (C=O) groups excluding carboxylic acids is 2. The molecule has 0 saturated carbocycles. The Morgan fingerprint density at radius 2 is 1.69 bits per heavy atom. The van der Waals surface area contributed by atoms with E-state index in [1.165, 1.54) is 4.90 Å². The predicted octanol–water partition coefficient (Wildman–Crippen LogP) is 5.68. The van der Waals surface area contributed by atoms with Gasteiger partial charge in [0.15, 0.2) is 0 Å². The minimum absolute atomic E-state index is 0.104. The fourth-order valence-corrected chi connectivity index (χ4v) is 3.72. The second kappa shape index (κ2) is 10.8. The van der Waals surface area contributed by atoms with E-state index in [0.717, 1.165) is 33.9 Å². The summed E-state index contributed by atoms with van der Waals surface area (Å²) in [6.45, 7) is 13.8. The second-order valence-corrected chi connectivity index (χ2v) is 10.3. The molecule has 3 rings (SSSR count). The molecule has 3 amide bonds. The van der Waals surface area contributed by atoms with Crippen LogP contribution in [0.1, 0.15) is 51.4 Å². The summed E-state index contributed by atoms with van der Waals surface area (Å²) in [7, 11) is 1.61. The number of nitrogens with one attached hydrogen (secondary N) is 2. The highest BCUT2D eigenvalue weighted by atomic mass is 16.5. The average molecular weight is 492 g/mol. The summed E-state index contributed by atoms with van der Waals surface area (Å²) >= 11 is 0. The van der Waals surface area contributed by atoms with Crippen molar-refractivity contribution in [1.29, 1.82) is 0 Å². The maximum absolute atomic E-state index is 13.1. The lowest BCUT2D eigenvalue weighted by Crippen LogP contribution is -2.44. The van der Waals surface area contributed by atoms with Crippen LogP contribution in [0.5, 0.6) is 5.75 Å². The minimum Gasteiger partial charge on any atom is -0.497 e.